The molecule has 0 fully saturated rings. The summed E-state index contributed by atoms with van der Waals surface area (Å²) in [5, 5.41) is 7.62. The first kappa shape index (κ1) is 20.3. The highest BCUT2D eigenvalue weighted by atomic mass is 32.1. The van der Waals surface area contributed by atoms with Crippen LogP contribution >= 0.6 is 11.3 Å². The number of hydrogen-bond donors (Lipinski definition) is 2. The average Bonchev–Trinajstić information content (AvgIpc) is 3.19. The van der Waals surface area contributed by atoms with Crippen molar-refractivity contribution in [3.63, 3.8) is 0 Å². The molecule has 0 unspecified atom stereocenters. The quantitative estimate of drug-likeness (QED) is 0.460. The number of ether oxygens (including phenoxy) is 1. The van der Waals surface area contributed by atoms with Crippen molar-refractivity contribution in [3.8, 4) is 5.75 Å². The fourth-order valence-electron chi connectivity index (χ4n) is 2.63. The molecule has 1 aromatic heterocycles. The Hall–Kier alpha value is -3.45. The number of hydrogen-bond acceptors (Lipinski definition) is 5. The van der Waals surface area contributed by atoms with Crippen LogP contribution < -0.4 is 15.4 Å². The maximum atomic E-state index is 12.3. The minimum atomic E-state index is -0.440. The summed E-state index contributed by atoms with van der Waals surface area (Å²) in [4.78, 5) is 36.4. The molecule has 3 aromatic rings. The van der Waals surface area contributed by atoms with E-state index in [0.717, 1.165) is 10.4 Å². The number of carbonyl (C=O) groups excluding carboxylic acids is 3. The molecule has 29 heavy (non-hydrogen) atoms. The summed E-state index contributed by atoms with van der Waals surface area (Å²) < 4.78 is 4.99. The zero-order valence-electron chi connectivity index (χ0n) is 15.8. The highest BCUT2D eigenvalue weighted by Gasteiger charge is 2.08. The Kier molecular flexibility index (Phi) is 6.76. The van der Waals surface area contributed by atoms with Crippen LogP contribution in [0.5, 0.6) is 5.75 Å². The van der Waals surface area contributed by atoms with Gasteiger partial charge in [0.1, 0.15) is 5.75 Å². The molecule has 2 amide bonds. The largest absolute Gasteiger partial charge is 0.427 e. The van der Waals surface area contributed by atoms with E-state index in [1.807, 2.05) is 29.6 Å². The summed E-state index contributed by atoms with van der Waals surface area (Å²) in [5.74, 6) is -0.452. The summed E-state index contributed by atoms with van der Waals surface area (Å²) in [6.07, 6.45) is 0.349. The normalized spacial score (nSPS) is 10.2. The van der Waals surface area contributed by atoms with Crippen LogP contribution in [0.25, 0.3) is 0 Å². The summed E-state index contributed by atoms with van der Waals surface area (Å²) in [7, 11) is 0. The van der Waals surface area contributed by atoms with Crippen molar-refractivity contribution in [1.29, 1.82) is 0 Å². The lowest BCUT2D eigenvalue weighted by atomic mass is 10.1. The van der Waals surface area contributed by atoms with Gasteiger partial charge in [-0.05, 0) is 47.3 Å². The number of nitrogens with one attached hydrogen (secondary N) is 2. The predicted molar refractivity (Wildman–Crippen MR) is 112 cm³/mol. The second-order valence-corrected chi connectivity index (χ2v) is 7.34. The van der Waals surface area contributed by atoms with Crippen molar-refractivity contribution in [3.05, 3.63) is 82.0 Å². The van der Waals surface area contributed by atoms with E-state index in [1.54, 1.807) is 41.7 Å². The van der Waals surface area contributed by atoms with E-state index in [1.165, 1.54) is 13.0 Å². The number of anilines is 1. The maximum absolute atomic E-state index is 12.3. The fraction of sp³-hybridized carbons (Fsp3) is 0.136. The second-order valence-electron chi connectivity index (χ2n) is 6.31. The van der Waals surface area contributed by atoms with E-state index in [-0.39, 0.29) is 11.8 Å². The zero-order chi connectivity index (χ0) is 20.6. The van der Waals surface area contributed by atoms with Gasteiger partial charge in [-0.2, -0.15) is 0 Å². The predicted octanol–water partition coefficient (Wildman–Crippen LogP) is 3.78. The van der Waals surface area contributed by atoms with Gasteiger partial charge in [0, 0.05) is 29.6 Å². The third kappa shape index (κ3) is 6.29. The lowest BCUT2D eigenvalue weighted by Crippen LogP contribution is -2.22. The van der Waals surface area contributed by atoms with E-state index in [4.69, 9.17) is 4.74 Å². The summed E-state index contributed by atoms with van der Waals surface area (Å²) in [6, 6.07) is 17.6. The highest BCUT2D eigenvalue weighted by Crippen LogP contribution is 2.15. The molecule has 0 radical (unpaired) electrons. The van der Waals surface area contributed by atoms with E-state index in [2.05, 4.69) is 10.6 Å². The molecular formula is C22H20N2O4S. The molecule has 0 saturated heterocycles. The summed E-state index contributed by atoms with van der Waals surface area (Å²) in [5.41, 5.74) is 2.00. The maximum Gasteiger partial charge on any atom is 0.308 e. The van der Waals surface area contributed by atoms with Crippen molar-refractivity contribution in [2.45, 2.75) is 19.9 Å². The number of esters is 1. The van der Waals surface area contributed by atoms with Crippen molar-refractivity contribution in [2.75, 3.05) is 5.32 Å². The van der Waals surface area contributed by atoms with Gasteiger partial charge < -0.3 is 15.4 Å². The van der Waals surface area contributed by atoms with Crippen LogP contribution in [0, 0.1) is 0 Å². The highest BCUT2D eigenvalue weighted by molar-refractivity contribution is 7.10. The Balaban J connectivity index is 1.51. The van der Waals surface area contributed by atoms with Gasteiger partial charge in [0.15, 0.2) is 0 Å². The van der Waals surface area contributed by atoms with Crippen LogP contribution in [-0.2, 0) is 22.6 Å². The lowest BCUT2D eigenvalue weighted by Gasteiger charge is -2.09. The van der Waals surface area contributed by atoms with E-state index < -0.39 is 5.97 Å². The lowest BCUT2D eigenvalue weighted by molar-refractivity contribution is -0.131. The van der Waals surface area contributed by atoms with Crippen molar-refractivity contribution >= 4 is 34.8 Å². The molecule has 0 atom stereocenters. The third-order valence-corrected chi connectivity index (χ3v) is 4.84. The molecule has 2 N–H and O–H groups in total. The molecule has 0 aliphatic rings. The van der Waals surface area contributed by atoms with E-state index in [9.17, 15) is 14.4 Å². The van der Waals surface area contributed by atoms with Gasteiger partial charge in [0.05, 0.1) is 6.42 Å². The first-order valence-corrected chi connectivity index (χ1v) is 9.85. The zero-order valence-corrected chi connectivity index (χ0v) is 16.6. The van der Waals surface area contributed by atoms with Crippen LogP contribution in [-0.4, -0.2) is 17.8 Å². The van der Waals surface area contributed by atoms with Crippen molar-refractivity contribution < 1.29 is 19.1 Å². The first-order valence-electron chi connectivity index (χ1n) is 8.97. The third-order valence-electron chi connectivity index (χ3n) is 3.96. The molecular weight excluding hydrogens is 388 g/mol. The van der Waals surface area contributed by atoms with Crippen LogP contribution in [0.4, 0.5) is 5.69 Å². The van der Waals surface area contributed by atoms with Gasteiger partial charge in [-0.25, -0.2) is 0 Å². The Bertz CT molecular complexity index is 998. The van der Waals surface area contributed by atoms with E-state index in [0.29, 0.717) is 30.0 Å². The second kappa shape index (κ2) is 9.66. The van der Waals surface area contributed by atoms with Gasteiger partial charge in [-0.1, -0.05) is 24.3 Å². The number of carbonyl (C=O) groups is 3. The topological polar surface area (TPSA) is 84.5 Å². The molecule has 3 rings (SSSR count). The van der Waals surface area contributed by atoms with Gasteiger partial charge in [0.25, 0.3) is 5.91 Å². The minimum absolute atomic E-state index is 0.0684. The number of thiophene rings is 1. The molecule has 7 heteroatoms. The number of amides is 2. The fourth-order valence-corrected chi connectivity index (χ4v) is 3.34. The van der Waals surface area contributed by atoms with Gasteiger partial charge in [0.2, 0.25) is 5.91 Å². The molecule has 6 nitrogen and oxygen atoms in total. The van der Waals surface area contributed by atoms with Gasteiger partial charge in [-0.3, -0.25) is 14.4 Å². The van der Waals surface area contributed by atoms with Gasteiger partial charge in [-0.15, -0.1) is 11.3 Å². The van der Waals surface area contributed by atoms with Crippen molar-refractivity contribution in [2.24, 2.45) is 0 Å². The molecule has 1 heterocycles. The Morgan fingerprint density at radius 3 is 2.48 bits per heavy atom. The standard InChI is InChI=1S/C22H20N2O4S/c1-15(25)28-19-5-2-4-17(12-19)22(27)23-14-16-7-9-18(10-8-16)24-21(26)13-20-6-3-11-29-20/h2-12H,13-14H2,1H3,(H,23,27)(H,24,26). The first-order chi connectivity index (χ1) is 14.0. The van der Waals surface area contributed by atoms with E-state index >= 15 is 0 Å². The monoisotopic (exact) mass is 408 g/mol. The Morgan fingerprint density at radius 1 is 1.00 bits per heavy atom. The Labute approximate surface area is 172 Å². The minimum Gasteiger partial charge on any atom is -0.427 e. The molecule has 148 valence electrons. The van der Waals surface area contributed by atoms with Crippen LogP contribution in [0.3, 0.4) is 0 Å². The van der Waals surface area contributed by atoms with Crippen molar-refractivity contribution in [1.82, 2.24) is 5.32 Å². The molecule has 0 aliphatic carbocycles. The number of rotatable bonds is 7. The van der Waals surface area contributed by atoms with Crippen LogP contribution in [0.15, 0.2) is 66.0 Å². The van der Waals surface area contributed by atoms with Crippen LogP contribution in [0.1, 0.15) is 27.7 Å². The number of benzene rings is 2. The van der Waals surface area contributed by atoms with Gasteiger partial charge >= 0.3 is 5.97 Å². The Morgan fingerprint density at radius 2 is 1.79 bits per heavy atom. The summed E-state index contributed by atoms with van der Waals surface area (Å²) in [6.45, 7) is 1.64. The molecule has 0 saturated carbocycles. The SMILES string of the molecule is CC(=O)Oc1cccc(C(=O)NCc2ccc(NC(=O)Cc3cccs3)cc2)c1. The van der Waals surface area contributed by atoms with Crippen LogP contribution in [0.2, 0.25) is 0 Å². The average molecular weight is 408 g/mol. The molecule has 2 aromatic carbocycles. The summed E-state index contributed by atoms with van der Waals surface area (Å²) >= 11 is 1.55. The smallest absolute Gasteiger partial charge is 0.308 e. The molecule has 0 bridgehead atoms. The molecule has 0 aliphatic heterocycles. The molecule has 0 spiro atoms.